The standard InChI is InChI=1S/C23H21N3O7S/c1-31-15-7-4-13(5-8-15)17-11-19(27)26-23(25-17)34-12-20(28)24-18-10-14(21(29)32-2)6-9-16(18)22(30)33-3/h4-11H,12H2,1-3H3,(H,24,28)(H,25,26,27). The number of aromatic nitrogens is 2. The van der Waals surface area contributed by atoms with Crippen molar-refractivity contribution in [3.8, 4) is 17.0 Å². The van der Waals surface area contributed by atoms with Crippen LogP contribution in [0, 0.1) is 0 Å². The Morgan fingerprint density at radius 2 is 1.68 bits per heavy atom. The second-order valence-corrected chi connectivity index (χ2v) is 7.71. The molecule has 0 atom stereocenters. The van der Waals surface area contributed by atoms with Gasteiger partial charge in [-0.05, 0) is 42.5 Å². The predicted molar refractivity (Wildman–Crippen MR) is 125 cm³/mol. The van der Waals surface area contributed by atoms with Gasteiger partial charge in [-0.15, -0.1) is 0 Å². The number of esters is 2. The number of hydrogen-bond donors (Lipinski definition) is 2. The number of anilines is 1. The number of methoxy groups -OCH3 is 3. The molecule has 1 heterocycles. The van der Waals surface area contributed by atoms with Gasteiger partial charge in [0.15, 0.2) is 5.16 Å². The van der Waals surface area contributed by atoms with Crippen molar-refractivity contribution in [1.29, 1.82) is 0 Å². The van der Waals surface area contributed by atoms with Crippen LogP contribution >= 0.6 is 11.8 Å². The smallest absolute Gasteiger partial charge is 0.339 e. The van der Waals surface area contributed by atoms with Gasteiger partial charge in [0, 0.05) is 11.6 Å². The molecule has 176 valence electrons. The number of H-pyrrole nitrogens is 1. The highest BCUT2D eigenvalue weighted by atomic mass is 32.2. The molecule has 3 rings (SSSR count). The minimum Gasteiger partial charge on any atom is -0.497 e. The average Bonchev–Trinajstić information content (AvgIpc) is 2.86. The fraction of sp³-hybridized carbons (Fsp3) is 0.174. The molecule has 0 saturated heterocycles. The Morgan fingerprint density at radius 3 is 2.32 bits per heavy atom. The van der Waals surface area contributed by atoms with Crippen molar-refractivity contribution in [2.24, 2.45) is 0 Å². The number of carbonyl (C=O) groups is 3. The summed E-state index contributed by atoms with van der Waals surface area (Å²) >= 11 is 1.00. The summed E-state index contributed by atoms with van der Waals surface area (Å²) in [7, 11) is 3.98. The van der Waals surface area contributed by atoms with Crippen molar-refractivity contribution in [3.63, 3.8) is 0 Å². The van der Waals surface area contributed by atoms with Crippen molar-refractivity contribution >= 4 is 35.3 Å². The molecule has 0 bridgehead atoms. The number of rotatable bonds is 8. The first kappa shape index (κ1) is 24.5. The summed E-state index contributed by atoms with van der Waals surface area (Å²) in [4.78, 5) is 55.5. The van der Waals surface area contributed by atoms with E-state index in [0.29, 0.717) is 17.0 Å². The number of nitrogens with one attached hydrogen (secondary N) is 2. The molecule has 10 nitrogen and oxygen atoms in total. The van der Waals surface area contributed by atoms with E-state index in [0.717, 1.165) is 11.8 Å². The maximum absolute atomic E-state index is 12.6. The number of hydrogen-bond acceptors (Lipinski definition) is 9. The normalized spacial score (nSPS) is 10.3. The van der Waals surface area contributed by atoms with Gasteiger partial charge in [0.1, 0.15) is 5.75 Å². The van der Waals surface area contributed by atoms with Crippen molar-refractivity contribution in [2.45, 2.75) is 5.16 Å². The Morgan fingerprint density at radius 1 is 0.971 bits per heavy atom. The van der Waals surface area contributed by atoms with Gasteiger partial charge < -0.3 is 24.5 Å². The number of ether oxygens (including phenoxy) is 3. The molecule has 3 aromatic rings. The number of thioether (sulfide) groups is 1. The number of nitrogens with zero attached hydrogens (tertiary/aromatic N) is 1. The first-order chi connectivity index (χ1) is 16.3. The quantitative estimate of drug-likeness (QED) is 0.281. The molecule has 2 N–H and O–H groups in total. The number of benzene rings is 2. The Labute approximate surface area is 198 Å². The van der Waals surface area contributed by atoms with Crippen LogP contribution in [0.5, 0.6) is 5.75 Å². The third-order valence-corrected chi connectivity index (χ3v) is 5.44. The molecule has 1 amide bonds. The van der Waals surface area contributed by atoms with Crippen LogP contribution in [0.2, 0.25) is 0 Å². The summed E-state index contributed by atoms with van der Waals surface area (Å²) in [5.74, 6) is -1.26. The summed E-state index contributed by atoms with van der Waals surface area (Å²) in [6.07, 6.45) is 0. The van der Waals surface area contributed by atoms with Gasteiger partial charge in [0.2, 0.25) is 5.91 Å². The highest BCUT2D eigenvalue weighted by molar-refractivity contribution is 7.99. The molecule has 0 aliphatic heterocycles. The minimum absolute atomic E-state index is 0.0709. The van der Waals surface area contributed by atoms with Gasteiger partial charge in [-0.1, -0.05) is 11.8 Å². The molecular formula is C23H21N3O7S. The molecule has 2 aromatic carbocycles. The summed E-state index contributed by atoms with van der Waals surface area (Å²) in [5.41, 5.74) is 1.09. The SMILES string of the molecule is COC(=O)c1ccc(C(=O)OC)c(NC(=O)CSc2nc(-c3ccc(OC)cc3)cc(=O)[nH]2)c1. The highest BCUT2D eigenvalue weighted by Gasteiger charge is 2.18. The summed E-state index contributed by atoms with van der Waals surface area (Å²) in [5, 5.41) is 2.83. The fourth-order valence-corrected chi connectivity index (χ4v) is 3.59. The molecule has 0 aliphatic rings. The maximum Gasteiger partial charge on any atom is 0.339 e. The van der Waals surface area contributed by atoms with E-state index in [4.69, 9.17) is 9.47 Å². The Balaban J connectivity index is 1.76. The van der Waals surface area contributed by atoms with Gasteiger partial charge in [-0.25, -0.2) is 14.6 Å². The number of amides is 1. The van der Waals surface area contributed by atoms with Crippen molar-refractivity contribution in [3.05, 3.63) is 70.0 Å². The van der Waals surface area contributed by atoms with Gasteiger partial charge in [-0.2, -0.15) is 0 Å². The van der Waals surface area contributed by atoms with Crippen LogP contribution in [-0.4, -0.2) is 54.9 Å². The van der Waals surface area contributed by atoms with Crippen LogP contribution in [-0.2, 0) is 14.3 Å². The zero-order chi connectivity index (χ0) is 24.7. The van der Waals surface area contributed by atoms with Crippen LogP contribution in [0.25, 0.3) is 11.3 Å². The van der Waals surface area contributed by atoms with Gasteiger partial charge >= 0.3 is 11.9 Å². The van der Waals surface area contributed by atoms with Crippen LogP contribution in [0.3, 0.4) is 0 Å². The lowest BCUT2D eigenvalue weighted by Crippen LogP contribution is -2.18. The van der Waals surface area contributed by atoms with Crippen molar-refractivity contribution in [2.75, 3.05) is 32.4 Å². The lowest BCUT2D eigenvalue weighted by atomic mass is 10.1. The molecule has 34 heavy (non-hydrogen) atoms. The maximum atomic E-state index is 12.6. The highest BCUT2D eigenvalue weighted by Crippen LogP contribution is 2.23. The zero-order valence-electron chi connectivity index (χ0n) is 18.5. The predicted octanol–water partition coefficient (Wildman–Crippen LogP) is 2.75. The van der Waals surface area contributed by atoms with Crippen molar-refractivity contribution in [1.82, 2.24) is 9.97 Å². The second kappa shape index (κ2) is 11.1. The molecular weight excluding hydrogens is 462 g/mol. The van der Waals surface area contributed by atoms with Gasteiger partial charge in [-0.3, -0.25) is 9.59 Å². The Kier molecular flexibility index (Phi) is 8.04. The monoisotopic (exact) mass is 483 g/mol. The van der Waals surface area contributed by atoms with E-state index in [1.807, 2.05) is 0 Å². The molecule has 11 heteroatoms. The third-order valence-electron chi connectivity index (χ3n) is 4.57. The zero-order valence-corrected chi connectivity index (χ0v) is 19.4. The molecule has 0 saturated carbocycles. The van der Waals surface area contributed by atoms with Crippen LogP contribution < -0.4 is 15.6 Å². The van der Waals surface area contributed by atoms with E-state index in [9.17, 15) is 19.2 Å². The molecule has 1 aromatic heterocycles. The largest absolute Gasteiger partial charge is 0.497 e. The van der Waals surface area contributed by atoms with Crippen LogP contribution in [0.4, 0.5) is 5.69 Å². The second-order valence-electron chi connectivity index (χ2n) is 6.74. The molecule has 0 aliphatic carbocycles. The van der Waals surface area contributed by atoms with Crippen LogP contribution in [0.15, 0.2) is 58.5 Å². The van der Waals surface area contributed by atoms with Crippen molar-refractivity contribution < 1.29 is 28.6 Å². The van der Waals surface area contributed by atoms with E-state index in [1.165, 1.54) is 38.5 Å². The lowest BCUT2D eigenvalue weighted by molar-refractivity contribution is -0.113. The van der Waals surface area contributed by atoms with E-state index < -0.39 is 17.8 Å². The average molecular weight is 484 g/mol. The number of aromatic amines is 1. The summed E-state index contributed by atoms with van der Waals surface area (Å²) in [6, 6.07) is 12.5. The third kappa shape index (κ3) is 6.01. The minimum atomic E-state index is -0.683. The van der Waals surface area contributed by atoms with E-state index >= 15 is 0 Å². The van der Waals surface area contributed by atoms with E-state index in [-0.39, 0.29) is 33.3 Å². The number of carbonyl (C=O) groups excluding carboxylic acids is 3. The lowest BCUT2D eigenvalue weighted by Gasteiger charge is -2.11. The fourth-order valence-electron chi connectivity index (χ4n) is 2.91. The molecule has 0 unspecified atom stereocenters. The summed E-state index contributed by atoms with van der Waals surface area (Å²) < 4.78 is 14.5. The van der Waals surface area contributed by atoms with Gasteiger partial charge in [0.05, 0.1) is 49.6 Å². The molecule has 0 fully saturated rings. The van der Waals surface area contributed by atoms with Gasteiger partial charge in [0.25, 0.3) is 5.56 Å². The first-order valence-electron chi connectivity index (χ1n) is 9.83. The summed E-state index contributed by atoms with van der Waals surface area (Å²) in [6.45, 7) is 0. The van der Waals surface area contributed by atoms with Crippen LogP contribution in [0.1, 0.15) is 20.7 Å². The van der Waals surface area contributed by atoms with E-state index in [1.54, 1.807) is 31.4 Å². The molecule has 0 spiro atoms. The van der Waals surface area contributed by atoms with E-state index in [2.05, 4.69) is 20.0 Å². The topological polar surface area (TPSA) is 137 Å². The molecule has 0 radical (unpaired) electrons. The Hall–Kier alpha value is -4.12. The Bertz CT molecular complexity index is 1270. The first-order valence-corrected chi connectivity index (χ1v) is 10.8.